The minimum atomic E-state index is -2.79. The van der Waals surface area contributed by atoms with Crippen molar-refractivity contribution in [2.45, 2.75) is 20.3 Å². The van der Waals surface area contributed by atoms with Crippen LogP contribution in [-0.2, 0) is 9.84 Å². The first kappa shape index (κ1) is 12.7. The average molecular weight is 205 g/mol. The minimum absolute atomic E-state index is 0.240. The first-order chi connectivity index (χ1) is 6.12. The fraction of sp³-hybridized carbons (Fsp3) is 0.778. The summed E-state index contributed by atoms with van der Waals surface area (Å²) in [5.74, 6) is 0.489. The molecule has 0 aliphatic rings. The van der Waals surface area contributed by atoms with Crippen LogP contribution >= 0.6 is 0 Å². The van der Waals surface area contributed by atoms with Crippen LogP contribution in [-0.4, -0.2) is 33.0 Å². The van der Waals surface area contributed by atoms with Gasteiger partial charge >= 0.3 is 0 Å². The summed E-state index contributed by atoms with van der Waals surface area (Å²) in [5.41, 5.74) is 0. The third-order valence-electron chi connectivity index (χ3n) is 1.75. The maximum absolute atomic E-state index is 11.0. The fourth-order valence-corrected chi connectivity index (χ4v) is 1.59. The molecule has 0 saturated heterocycles. The number of rotatable bonds is 7. The maximum atomic E-state index is 11.0. The summed E-state index contributed by atoms with van der Waals surface area (Å²) in [5, 5.41) is 3.08. The molecular weight excluding hydrogens is 186 g/mol. The lowest BCUT2D eigenvalue weighted by molar-refractivity contribution is 0.592. The molecule has 0 aromatic carbocycles. The van der Waals surface area contributed by atoms with E-state index in [0.717, 1.165) is 13.0 Å². The monoisotopic (exact) mass is 205 g/mol. The van der Waals surface area contributed by atoms with Crippen LogP contribution in [0, 0.1) is 0 Å². The summed E-state index contributed by atoms with van der Waals surface area (Å²) >= 11 is 0. The van der Waals surface area contributed by atoms with E-state index in [1.807, 2.05) is 13.0 Å². The molecule has 0 aliphatic heterocycles. The zero-order valence-corrected chi connectivity index (χ0v) is 9.23. The minimum Gasteiger partial charge on any atom is -0.315 e. The Bertz CT molecular complexity index is 232. The highest BCUT2D eigenvalue weighted by atomic mass is 32.2. The molecule has 0 rings (SSSR count). The molecule has 0 aliphatic carbocycles. The Kier molecular flexibility index (Phi) is 6.90. The molecule has 3 nitrogen and oxygen atoms in total. The van der Waals surface area contributed by atoms with Gasteiger partial charge in [0.15, 0.2) is 9.84 Å². The van der Waals surface area contributed by atoms with Crippen LogP contribution in [0.4, 0.5) is 0 Å². The van der Waals surface area contributed by atoms with Gasteiger partial charge in [-0.15, -0.1) is 0 Å². The van der Waals surface area contributed by atoms with Gasteiger partial charge in [-0.1, -0.05) is 19.1 Å². The van der Waals surface area contributed by atoms with Crippen molar-refractivity contribution in [1.29, 1.82) is 0 Å². The first-order valence-electron chi connectivity index (χ1n) is 4.64. The Balaban J connectivity index is 3.36. The lowest BCUT2D eigenvalue weighted by Gasteiger charge is -2.02. The van der Waals surface area contributed by atoms with Crippen LogP contribution in [0.25, 0.3) is 0 Å². The highest BCUT2D eigenvalue weighted by Gasteiger charge is 2.04. The van der Waals surface area contributed by atoms with E-state index in [-0.39, 0.29) is 11.5 Å². The van der Waals surface area contributed by atoms with Crippen molar-refractivity contribution >= 4 is 9.84 Å². The predicted octanol–water partition coefficient (Wildman–Crippen LogP) is 0.977. The van der Waals surface area contributed by atoms with Crippen molar-refractivity contribution in [3.05, 3.63) is 12.2 Å². The molecule has 1 N–H and O–H groups in total. The summed E-state index contributed by atoms with van der Waals surface area (Å²) in [6, 6.07) is 0. The van der Waals surface area contributed by atoms with Crippen LogP contribution in [0.15, 0.2) is 12.2 Å². The Morgan fingerprint density at radius 1 is 1.31 bits per heavy atom. The molecule has 0 aromatic heterocycles. The summed E-state index contributed by atoms with van der Waals surface area (Å²) in [4.78, 5) is 0. The zero-order valence-electron chi connectivity index (χ0n) is 8.41. The van der Waals surface area contributed by atoms with E-state index in [2.05, 4.69) is 11.4 Å². The van der Waals surface area contributed by atoms with Crippen molar-refractivity contribution in [3.63, 3.8) is 0 Å². The van der Waals surface area contributed by atoms with E-state index in [4.69, 9.17) is 0 Å². The number of sulfone groups is 1. The molecule has 0 unspecified atom stereocenters. The Labute approximate surface area is 81.1 Å². The lowest BCUT2D eigenvalue weighted by atomic mass is 10.4. The smallest absolute Gasteiger partial charge is 0.151 e. The van der Waals surface area contributed by atoms with Crippen molar-refractivity contribution < 1.29 is 8.42 Å². The van der Waals surface area contributed by atoms with Gasteiger partial charge in [0.25, 0.3) is 0 Å². The largest absolute Gasteiger partial charge is 0.315 e. The molecule has 0 aromatic rings. The molecule has 0 heterocycles. The van der Waals surface area contributed by atoms with Gasteiger partial charge in [0.2, 0.25) is 0 Å². The van der Waals surface area contributed by atoms with Crippen LogP contribution in [0.5, 0.6) is 0 Å². The van der Waals surface area contributed by atoms with E-state index in [0.29, 0.717) is 6.54 Å². The van der Waals surface area contributed by atoms with Crippen LogP contribution in [0.2, 0.25) is 0 Å². The normalized spacial score (nSPS) is 12.5. The predicted molar refractivity (Wildman–Crippen MR) is 56.6 cm³/mol. The zero-order chi connectivity index (χ0) is 10.2. The molecule has 0 bridgehead atoms. The third kappa shape index (κ3) is 7.99. The second-order valence-corrected chi connectivity index (χ2v) is 5.32. The summed E-state index contributed by atoms with van der Waals surface area (Å²) in [7, 11) is -2.79. The van der Waals surface area contributed by atoms with Gasteiger partial charge in [0.1, 0.15) is 0 Å². The van der Waals surface area contributed by atoms with Crippen molar-refractivity contribution in [1.82, 2.24) is 5.32 Å². The molecule has 0 atom stereocenters. The number of allylic oxidation sites excluding steroid dienone is 1. The molecule has 0 spiro atoms. The Morgan fingerprint density at radius 2 is 2.00 bits per heavy atom. The second kappa shape index (κ2) is 7.09. The maximum Gasteiger partial charge on any atom is 0.151 e. The number of hydrogen-bond acceptors (Lipinski definition) is 3. The number of nitrogens with one attached hydrogen (secondary N) is 1. The summed E-state index contributed by atoms with van der Waals surface area (Å²) in [6.45, 7) is 5.06. The van der Waals surface area contributed by atoms with Gasteiger partial charge < -0.3 is 5.32 Å². The summed E-state index contributed by atoms with van der Waals surface area (Å²) < 4.78 is 22.1. The Hall–Kier alpha value is -0.350. The van der Waals surface area contributed by atoms with E-state index in [1.165, 1.54) is 0 Å². The summed E-state index contributed by atoms with van der Waals surface area (Å²) in [6.07, 6.45) is 5.01. The standard InChI is InChI=1S/C9H19NO2S/c1-3-5-6-7-10-8-9-13(11,12)4-2/h3,5,10H,4,6-9H2,1-2H3/b5-3+. The van der Waals surface area contributed by atoms with Gasteiger partial charge in [-0.05, 0) is 19.9 Å². The molecular formula is C9H19NO2S. The van der Waals surface area contributed by atoms with E-state index in [9.17, 15) is 8.42 Å². The van der Waals surface area contributed by atoms with Crippen LogP contribution < -0.4 is 5.32 Å². The molecule has 13 heavy (non-hydrogen) atoms. The lowest BCUT2D eigenvalue weighted by Crippen LogP contribution is -2.24. The fourth-order valence-electron chi connectivity index (χ4n) is 0.849. The quantitative estimate of drug-likeness (QED) is 0.498. The molecule has 4 heteroatoms. The van der Waals surface area contributed by atoms with Gasteiger partial charge in [-0.2, -0.15) is 0 Å². The van der Waals surface area contributed by atoms with E-state index < -0.39 is 9.84 Å². The number of hydrogen-bond donors (Lipinski definition) is 1. The van der Waals surface area contributed by atoms with Crippen LogP contribution in [0.1, 0.15) is 20.3 Å². The van der Waals surface area contributed by atoms with E-state index in [1.54, 1.807) is 6.92 Å². The van der Waals surface area contributed by atoms with Gasteiger partial charge in [-0.25, -0.2) is 8.42 Å². The molecule has 0 radical (unpaired) electrons. The highest BCUT2D eigenvalue weighted by Crippen LogP contribution is 1.87. The van der Waals surface area contributed by atoms with Crippen molar-refractivity contribution in [2.24, 2.45) is 0 Å². The first-order valence-corrected chi connectivity index (χ1v) is 6.47. The molecule has 0 amide bonds. The highest BCUT2D eigenvalue weighted by molar-refractivity contribution is 7.91. The van der Waals surface area contributed by atoms with Gasteiger partial charge in [-0.3, -0.25) is 0 Å². The SMILES string of the molecule is C/C=C/CCNCCS(=O)(=O)CC. The van der Waals surface area contributed by atoms with Crippen molar-refractivity contribution in [2.75, 3.05) is 24.6 Å². The second-order valence-electron chi connectivity index (χ2n) is 2.84. The van der Waals surface area contributed by atoms with Crippen molar-refractivity contribution in [3.8, 4) is 0 Å². The topological polar surface area (TPSA) is 46.2 Å². The molecule has 0 saturated carbocycles. The van der Waals surface area contributed by atoms with Crippen LogP contribution in [0.3, 0.4) is 0 Å². The average Bonchev–Trinajstić information content (AvgIpc) is 2.11. The van der Waals surface area contributed by atoms with E-state index >= 15 is 0 Å². The van der Waals surface area contributed by atoms with Gasteiger partial charge in [0, 0.05) is 12.3 Å². The molecule has 78 valence electrons. The third-order valence-corrected chi connectivity index (χ3v) is 3.46. The van der Waals surface area contributed by atoms with Gasteiger partial charge in [0.05, 0.1) is 5.75 Å². The Morgan fingerprint density at radius 3 is 2.54 bits per heavy atom. The molecule has 0 fully saturated rings.